The predicted octanol–water partition coefficient (Wildman–Crippen LogP) is 2.53. The van der Waals surface area contributed by atoms with Crippen molar-refractivity contribution in [2.45, 2.75) is 19.8 Å². The minimum absolute atomic E-state index is 0.0569. The first-order chi connectivity index (χ1) is 10.1. The van der Waals surface area contributed by atoms with Crippen molar-refractivity contribution < 1.29 is 14.3 Å². The maximum atomic E-state index is 11.9. The van der Waals surface area contributed by atoms with Crippen LogP contribution in [0.25, 0.3) is 6.08 Å². The van der Waals surface area contributed by atoms with Crippen LogP contribution in [0, 0.1) is 11.3 Å². The quantitative estimate of drug-likeness (QED) is 0.475. The number of unbranched alkanes of at least 4 members (excludes halogenated alkanes) is 1. The Morgan fingerprint density at radius 3 is 2.38 bits per heavy atom. The number of carbonyl (C=O) groups excluding carboxylic acids is 1. The van der Waals surface area contributed by atoms with E-state index in [1.807, 2.05) is 13.0 Å². The van der Waals surface area contributed by atoms with Gasteiger partial charge in [0.2, 0.25) is 0 Å². The monoisotopic (exact) mass is 288 g/mol. The largest absolute Gasteiger partial charge is 0.497 e. The zero-order valence-corrected chi connectivity index (χ0v) is 12.6. The molecule has 0 unspecified atom stereocenters. The van der Waals surface area contributed by atoms with E-state index >= 15 is 0 Å². The average molecular weight is 288 g/mol. The first-order valence-electron chi connectivity index (χ1n) is 6.77. The van der Waals surface area contributed by atoms with Crippen molar-refractivity contribution in [3.8, 4) is 17.6 Å². The number of hydrogen-bond donors (Lipinski definition) is 1. The number of nitriles is 1. The number of benzene rings is 1. The molecule has 0 aliphatic rings. The van der Waals surface area contributed by atoms with Gasteiger partial charge < -0.3 is 14.8 Å². The van der Waals surface area contributed by atoms with Gasteiger partial charge >= 0.3 is 0 Å². The summed E-state index contributed by atoms with van der Waals surface area (Å²) >= 11 is 0. The number of methoxy groups -OCH3 is 2. The average Bonchev–Trinajstić information content (AvgIpc) is 2.52. The molecule has 0 bridgehead atoms. The minimum atomic E-state index is -0.368. The van der Waals surface area contributed by atoms with Gasteiger partial charge in [-0.3, -0.25) is 4.79 Å². The summed E-state index contributed by atoms with van der Waals surface area (Å²) in [4.78, 5) is 11.9. The van der Waals surface area contributed by atoms with Gasteiger partial charge in [-0.1, -0.05) is 13.3 Å². The lowest BCUT2D eigenvalue weighted by Crippen LogP contribution is -2.25. The Balaban J connectivity index is 2.97. The van der Waals surface area contributed by atoms with Crippen molar-refractivity contribution >= 4 is 12.0 Å². The van der Waals surface area contributed by atoms with Crippen LogP contribution in [0.1, 0.15) is 25.3 Å². The molecule has 0 aliphatic heterocycles. The molecule has 5 heteroatoms. The minimum Gasteiger partial charge on any atom is -0.497 e. The van der Waals surface area contributed by atoms with E-state index in [-0.39, 0.29) is 11.5 Å². The van der Waals surface area contributed by atoms with Crippen LogP contribution in [0.5, 0.6) is 11.5 Å². The second-order valence-corrected chi connectivity index (χ2v) is 4.43. The van der Waals surface area contributed by atoms with Crippen LogP contribution < -0.4 is 14.8 Å². The molecule has 1 amide bonds. The molecule has 1 aromatic carbocycles. The van der Waals surface area contributed by atoms with Gasteiger partial charge in [0, 0.05) is 12.6 Å². The van der Waals surface area contributed by atoms with Gasteiger partial charge in [0.1, 0.15) is 23.1 Å². The molecule has 0 aromatic heterocycles. The molecule has 0 atom stereocenters. The van der Waals surface area contributed by atoms with E-state index in [0.717, 1.165) is 12.8 Å². The predicted molar refractivity (Wildman–Crippen MR) is 81.1 cm³/mol. The number of hydrogen-bond acceptors (Lipinski definition) is 4. The summed E-state index contributed by atoms with van der Waals surface area (Å²) in [6.07, 6.45) is 3.39. The Labute approximate surface area is 125 Å². The van der Waals surface area contributed by atoms with E-state index in [1.165, 1.54) is 6.08 Å². The number of ether oxygens (including phenoxy) is 2. The second kappa shape index (κ2) is 8.64. The smallest absolute Gasteiger partial charge is 0.261 e. The van der Waals surface area contributed by atoms with Gasteiger partial charge in [-0.2, -0.15) is 5.26 Å². The third-order valence-electron chi connectivity index (χ3n) is 2.87. The molecule has 0 spiro atoms. The van der Waals surface area contributed by atoms with Crippen LogP contribution in [0.15, 0.2) is 23.8 Å². The van der Waals surface area contributed by atoms with Crippen LogP contribution in [0.3, 0.4) is 0 Å². The molecule has 0 saturated heterocycles. The normalized spacial score (nSPS) is 10.7. The Morgan fingerprint density at radius 1 is 1.29 bits per heavy atom. The highest BCUT2D eigenvalue weighted by molar-refractivity contribution is 6.01. The lowest BCUT2D eigenvalue weighted by atomic mass is 10.1. The van der Waals surface area contributed by atoms with E-state index in [2.05, 4.69) is 5.32 Å². The number of nitrogens with zero attached hydrogens (tertiary/aromatic N) is 1. The number of amides is 1. The number of rotatable bonds is 7. The number of carbonyl (C=O) groups is 1. The van der Waals surface area contributed by atoms with E-state index in [9.17, 15) is 4.79 Å². The molecule has 0 heterocycles. The molecule has 112 valence electrons. The highest BCUT2D eigenvalue weighted by atomic mass is 16.5. The van der Waals surface area contributed by atoms with Crippen molar-refractivity contribution in [2.24, 2.45) is 0 Å². The zero-order chi connectivity index (χ0) is 15.7. The van der Waals surface area contributed by atoms with Crippen LogP contribution in [0.4, 0.5) is 0 Å². The summed E-state index contributed by atoms with van der Waals surface area (Å²) in [7, 11) is 3.09. The second-order valence-electron chi connectivity index (χ2n) is 4.43. The molecular formula is C16H20N2O3. The molecule has 1 aromatic rings. The summed E-state index contributed by atoms with van der Waals surface area (Å²) in [5.41, 5.74) is 0.731. The van der Waals surface area contributed by atoms with Gasteiger partial charge in [-0.05, 0) is 30.2 Å². The summed E-state index contributed by atoms with van der Waals surface area (Å²) in [5.74, 6) is 0.835. The fourth-order valence-corrected chi connectivity index (χ4v) is 1.70. The summed E-state index contributed by atoms with van der Waals surface area (Å²) in [6.45, 7) is 2.60. The van der Waals surface area contributed by atoms with Gasteiger partial charge in [0.05, 0.1) is 14.2 Å². The van der Waals surface area contributed by atoms with Crippen LogP contribution in [0.2, 0.25) is 0 Å². The highest BCUT2D eigenvalue weighted by Crippen LogP contribution is 2.24. The van der Waals surface area contributed by atoms with Gasteiger partial charge in [0.15, 0.2) is 0 Å². The maximum Gasteiger partial charge on any atom is 0.261 e. The topological polar surface area (TPSA) is 71.4 Å². The van der Waals surface area contributed by atoms with Crippen LogP contribution in [-0.4, -0.2) is 26.7 Å². The fraction of sp³-hybridized carbons (Fsp3) is 0.375. The van der Waals surface area contributed by atoms with Crippen molar-refractivity contribution in [3.05, 3.63) is 29.3 Å². The Morgan fingerprint density at radius 2 is 1.90 bits per heavy atom. The van der Waals surface area contributed by atoms with Crippen molar-refractivity contribution in [1.29, 1.82) is 5.26 Å². The van der Waals surface area contributed by atoms with Crippen LogP contribution in [-0.2, 0) is 4.79 Å². The molecule has 5 nitrogen and oxygen atoms in total. The first-order valence-corrected chi connectivity index (χ1v) is 6.77. The van der Waals surface area contributed by atoms with Crippen molar-refractivity contribution in [1.82, 2.24) is 5.32 Å². The van der Waals surface area contributed by atoms with E-state index < -0.39 is 0 Å². The van der Waals surface area contributed by atoms with Gasteiger partial charge in [-0.15, -0.1) is 0 Å². The molecule has 1 N–H and O–H groups in total. The SMILES string of the molecule is CCCCNC(=O)/C(C#N)=C/c1cc(OC)cc(OC)c1. The summed E-state index contributed by atoms with van der Waals surface area (Å²) < 4.78 is 10.3. The maximum absolute atomic E-state index is 11.9. The van der Waals surface area contributed by atoms with Crippen molar-refractivity contribution in [3.63, 3.8) is 0 Å². The van der Waals surface area contributed by atoms with Crippen molar-refractivity contribution in [2.75, 3.05) is 20.8 Å². The fourth-order valence-electron chi connectivity index (χ4n) is 1.70. The molecule has 21 heavy (non-hydrogen) atoms. The zero-order valence-electron chi connectivity index (χ0n) is 12.6. The Kier molecular flexibility index (Phi) is 6.82. The summed E-state index contributed by atoms with van der Waals surface area (Å²) in [6, 6.07) is 7.12. The molecular weight excluding hydrogens is 268 g/mol. The third-order valence-corrected chi connectivity index (χ3v) is 2.87. The highest BCUT2D eigenvalue weighted by Gasteiger charge is 2.09. The van der Waals surface area contributed by atoms with E-state index in [1.54, 1.807) is 32.4 Å². The Bertz CT molecular complexity index is 537. The molecule has 0 aliphatic carbocycles. The lowest BCUT2D eigenvalue weighted by Gasteiger charge is -2.07. The third kappa shape index (κ3) is 5.19. The van der Waals surface area contributed by atoms with Gasteiger partial charge in [-0.25, -0.2) is 0 Å². The van der Waals surface area contributed by atoms with E-state index in [4.69, 9.17) is 14.7 Å². The Hall–Kier alpha value is -2.48. The molecule has 0 saturated carbocycles. The van der Waals surface area contributed by atoms with E-state index in [0.29, 0.717) is 23.6 Å². The number of nitrogens with one attached hydrogen (secondary N) is 1. The molecule has 0 fully saturated rings. The lowest BCUT2D eigenvalue weighted by molar-refractivity contribution is -0.117. The summed E-state index contributed by atoms with van der Waals surface area (Å²) in [5, 5.41) is 11.8. The molecule has 0 radical (unpaired) electrons. The van der Waals surface area contributed by atoms with Crippen LogP contribution >= 0.6 is 0 Å². The standard InChI is InChI=1S/C16H20N2O3/c1-4-5-6-18-16(19)13(11-17)7-12-8-14(20-2)10-15(9-12)21-3/h7-10H,4-6H2,1-3H3,(H,18,19)/b13-7+. The first kappa shape index (κ1) is 16.6. The molecule has 1 rings (SSSR count). The van der Waals surface area contributed by atoms with Gasteiger partial charge in [0.25, 0.3) is 5.91 Å².